The number of rotatable bonds is 8. The Balaban J connectivity index is 1.60. The third-order valence-corrected chi connectivity index (χ3v) is 5.15. The zero-order valence-electron chi connectivity index (χ0n) is 16.8. The second kappa shape index (κ2) is 9.63. The maximum Gasteiger partial charge on any atom is 0.161 e. The predicted octanol–water partition coefficient (Wildman–Crippen LogP) is 4.25. The average molecular weight is 392 g/mol. The summed E-state index contributed by atoms with van der Waals surface area (Å²) in [6.07, 6.45) is 1.74. The lowest BCUT2D eigenvalue weighted by molar-refractivity contribution is 0.179. The van der Waals surface area contributed by atoms with E-state index in [1.807, 2.05) is 43.3 Å². The summed E-state index contributed by atoms with van der Waals surface area (Å²) in [6, 6.07) is 20.5. The Morgan fingerprint density at radius 3 is 2.52 bits per heavy atom. The van der Waals surface area contributed by atoms with Crippen LogP contribution in [0.2, 0.25) is 0 Å². The maximum absolute atomic E-state index is 6.07. The second-order valence-electron chi connectivity index (χ2n) is 7.12. The highest BCUT2D eigenvalue weighted by molar-refractivity contribution is 5.45. The van der Waals surface area contributed by atoms with Crippen LogP contribution < -0.4 is 14.8 Å². The molecule has 2 aromatic carbocycles. The number of nitrogens with one attached hydrogen (secondary N) is 1. The number of piperazine rings is 1. The van der Waals surface area contributed by atoms with Gasteiger partial charge in [-0.15, -0.1) is 0 Å². The van der Waals surface area contributed by atoms with Crippen LogP contribution in [0.5, 0.6) is 11.5 Å². The van der Waals surface area contributed by atoms with Crippen LogP contribution in [0.1, 0.15) is 29.9 Å². The Bertz CT molecular complexity index is 874. The van der Waals surface area contributed by atoms with Gasteiger partial charge in [-0.25, -0.2) is 0 Å². The Morgan fingerprint density at radius 2 is 1.79 bits per heavy atom. The van der Waals surface area contributed by atoms with Gasteiger partial charge in [0, 0.05) is 26.2 Å². The van der Waals surface area contributed by atoms with Crippen LogP contribution in [0.3, 0.4) is 0 Å². The lowest BCUT2D eigenvalue weighted by atomic mass is 10.0. The molecule has 1 saturated heterocycles. The lowest BCUT2D eigenvalue weighted by Crippen LogP contribution is -2.45. The van der Waals surface area contributed by atoms with Gasteiger partial charge in [0.25, 0.3) is 0 Å². The summed E-state index contributed by atoms with van der Waals surface area (Å²) < 4.78 is 17.8. The molecule has 3 aromatic rings. The minimum Gasteiger partial charge on any atom is -0.490 e. The Labute approximate surface area is 172 Å². The lowest BCUT2D eigenvalue weighted by Gasteiger charge is -2.34. The van der Waals surface area contributed by atoms with Crippen LogP contribution >= 0.6 is 0 Å². The summed E-state index contributed by atoms with van der Waals surface area (Å²) in [5.74, 6) is 2.48. The monoisotopic (exact) mass is 392 g/mol. The van der Waals surface area contributed by atoms with Crippen LogP contribution in [0.25, 0.3) is 0 Å². The first-order valence-corrected chi connectivity index (χ1v) is 10.3. The molecule has 0 amide bonds. The number of ether oxygens (including phenoxy) is 2. The number of hydrogen-bond donors (Lipinski definition) is 1. The fourth-order valence-electron chi connectivity index (χ4n) is 3.76. The number of benzene rings is 2. The standard InChI is InChI=1S/C24H28N2O3/c1-2-27-23-17-20(10-11-21(23)29-18-19-7-4-3-5-8-19)24(22-9-6-16-28-22)26-14-12-25-13-15-26/h3-11,16-17,24-25H,2,12-15,18H2,1H3. The molecule has 152 valence electrons. The van der Waals surface area contributed by atoms with Crippen molar-refractivity contribution in [1.82, 2.24) is 10.2 Å². The van der Waals surface area contributed by atoms with E-state index in [0.717, 1.165) is 54.6 Å². The topological polar surface area (TPSA) is 46.9 Å². The molecule has 0 radical (unpaired) electrons. The predicted molar refractivity (Wildman–Crippen MR) is 113 cm³/mol. The SMILES string of the molecule is CCOc1cc(C(c2ccco2)N2CCNCC2)ccc1OCc1ccccc1. The van der Waals surface area contributed by atoms with E-state index in [-0.39, 0.29) is 6.04 Å². The van der Waals surface area contributed by atoms with Crippen molar-refractivity contribution in [2.24, 2.45) is 0 Å². The van der Waals surface area contributed by atoms with Crippen molar-refractivity contribution in [1.29, 1.82) is 0 Å². The molecule has 5 nitrogen and oxygen atoms in total. The Morgan fingerprint density at radius 1 is 0.966 bits per heavy atom. The van der Waals surface area contributed by atoms with Crippen LogP contribution in [0.4, 0.5) is 0 Å². The molecule has 1 aromatic heterocycles. The maximum atomic E-state index is 6.07. The largest absolute Gasteiger partial charge is 0.490 e. The van der Waals surface area contributed by atoms with Crippen molar-refractivity contribution >= 4 is 0 Å². The number of nitrogens with zero attached hydrogens (tertiary/aromatic N) is 1. The van der Waals surface area contributed by atoms with Gasteiger partial charge in [-0.1, -0.05) is 36.4 Å². The van der Waals surface area contributed by atoms with Crippen LogP contribution in [0.15, 0.2) is 71.3 Å². The number of furan rings is 1. The summed E-state index contributed by atoms with van der Waals surface area (Å²) in [4.78, 5) is 2.45. The highest BCUT2D eigenvalue weighted by atomic mass is 16.5. The van der Waals surface area contributed by atoms with Gasteiger partial charge >= 0.3 is 0 Å². The molecule has 0 bridgehead atoms. The van der Waals surface area contributed by atoms with Crippen LogP contribution in [0, 0.1) is 0 Å². The van der Waals surface area contributed by atoms with Gasteiger partial charge in [0.05, 0.1) is 18.9 Å². The molecule has 5 heteroatoms. The molecule has 0 aliphatic carbocycles. The van der Waals surface area contributed by atoms with Gasteiger partial charge in [0.1, 0.15) is 12.4 Å². The van der Waals surface area contributed by atoms with E-state index in [9.17, 15) is 0 Å². The molecule has 1 atom stereocenters. The zero-order chi connectivity index (χ0) is 19.9. The van der Waals surface area contributed by atoms with Gasteiger partial charge in [-0.2, -0.15) is 0 Å². The van der Waals surface area contributed by atoms with Crippen molar-refractivity contribution < 1.29 is 13.9 Å². The second-order valence-corrected chi connectivity index (χ2v) is 7.12. The quantitative estimate of drug-likeness (QED) is 0.621. The van der Waals surface area contributed by atoms with Crippen LogP contribution in [-0.4, -0.2) is 37.7 Å². The molecular formula is C24H28N2O3. The van der Waals surface area contributed by atoms with Gasteiger partial charge in [-0.05, 0) is 42.3 Å². The van der Waals surface area contributed by atoms with E-state index in [0.29, 0.717) is 13.2 Å². The minimum absolute atomic E-state index is 0.0643. The van der Waals surface area contributed by atoms with Gasteiger partial charge in [0.2, 0.25) is 0 Å². The molecule has 4 rings (SSSR count). The first kappa shape index (κ1) is 19.6. The average Bonchev–Trinajstić information content (AvgIpc) is 3.29. The van der Waals surface area contributed by atoms with E-state index in [1.54, 1.807) is 6.26 Å². The summed E-state index contributed by atoms with van der Waals surface area (Å²) in [5.41, 5.74) is 2.28. The molecule has 0 spiro atoms. The third kappa shape index (κ3) is 4.81. The Hall–Kier alpha value is -2.76. The Kier molecular flexibility index (Phi) is 6.49. The van der Waals surface area contributed by atoms with Gasteiger partial charge in [0.15, 0.2) is 11.5 Å². The molecule has 1 aliphatic heterocycles. The first-order valence-electron chi connectivity index (χ1n) is 10.3. The molecule has 1 aliphatic rings. The first-order chi connectivity index (χ1) is 14.3. The summed E-state index contributed by atoms with van der Waals surface area (Å²) in [6.45, 7) is 7.00. The number of hydrogen-bond acceptors (Lipinski definition) is 5. The van der Waals surface area contributed by atoms with E-state index in [2.05, 4.69) is 34.5 Å². The summed E-state index contributed by atoms with van der Waals surface area (Å²) in [7, 11) is 0. The van der Waals surface area contributed by atoms with E-state index >= 15 is 0 Å². The van der Waals surface area contributed by atoms with Crippen molar-refractivity contribution in [2.75, 3.05) is 32.8 Å². The smallest absolute Gasteiger partial charge is 0.161 e. The fourth-order valence-corrected chi connectivity index (χ4v) is 3.76. The normalized spacial score (nSPS) is 15.8. The highest BCUT2D eigenvalue weighted by Crippen LogP contribution is 2.36. The van der Waals surface area contributed by atoms with Crippen molar-refractivity contribution in [3.63, 3.8) is 0 Å². The van der Waals surface area contributed by atoms with Gasteiger partial charge in [-0.3, -0.25) is 4.90 Å². The molecule has 0 saturated carbocycles. The van der Waals surface area contributed by atoms with Crippen molar-refractivity contribution in [3.8, 4) is 11.5 Å². The molecule has 1 N–H and O–H groups in total. The van der Waals surface area contributed by atoms with E-state index < -0.39 is 0 Å². The molecule has 1 fully saturated rings. The molecule has 2 heterocycles. The molecular weight excluding hydrogens is 364 g/mol. The van der Waals surface area contributed by atoms with Crippen molar-refractivity contribution in [2.45, 2.75) is 19.6 Å². The van der Waals surface area contributed by atoms with Gasteiger partial charge < -0.3 is 19.2 Å². The fraction of sp³-hybridized carbons (Fsp3) is 0.333. The zero-order valence-corrected chi connectivity index (χ0v) is 16.8. The highest BCUT2D eigenvalue weighted by Gasteiger charge is 2.27. The van der Waals surface area contributed by atoms with Crippen molar-refractivity contribution in [3.05, 3.63) is 83.8 Å². The minimum atomic E-state index is 0.0643. The molecule has 29 heavy (non-hydrogen) atoms. The molecule has 1 unspecified atom stereocenters. The summed E-state index contributed by atoms with van der Waals surface area (Å²) >= 11 is 0. The third-order valence-electron chi connectivity index (χ3n) is 5.15. The van der Waals surface area contributed by atoms with E-state index in [4.69, 9.17) is 13.9 Å². The van der Waals surface area contributed by atoms with E-state index in [1.165, 1.54) is 0 Å². The summed E-state index contributed by atoms with van der Waals surface area (Å²) in [5, 5.41) is 3.42. The van der Waals surface area contributed by atoms with Crippen LogP contribution in [-0.2, 0) is 6.61 Å².